The zero-order valence-corrected chi connectivity index (χ0v) is 18.5. The van der Waals surface area contributed by atoms with Crippen LogP contribution in [0.4, 0.5) is 10.1 Å². The number of unbranched alkanes of at least 4 members (excludes halogenated alkanes) is 1. The van der Waals surface area contributed by atoms with Gasteiger partial charge in [0.05, 0.1) is 38.4 Å². The normalized spacial score (nSPS) is 15.0. The lowest BCUT2D eigenvalue weighted by atomic mass is 10.1. The SMILES string of the molecule is CCCCNC(=O)c1ccc2c(c1)N(Cc1ccc(F)cc1)C(=O)c1ccccc1[S@]2=O. The molecule has 0 unspecified atom stereocenters. The minimum absolute atomic E-state index is 0.151. The number of rotatable bonds is 6. The molecule has 32 heavy (non-hydrogen) atoms. The van der Waals surface area contributed by atoms with E-state index in [-0.39, 0.29) is 24.2 Å². The van der Waals surface area contributed by atoms with Crippen molar-refractivity contribution >= 4 is 28.3 Å². The molecule has 0 saturated heterocycles. The monoisotopic (exact) mass is 450 g/mol. The van der Waals surface area contributed by atoms with E-state index in [9.17, 15) is 18.2 Å². The maximum Gasteiger partial charge on any atom is 0.259 e. The van der Waals surface area contributed by atoms with Gasteiger partial charge < -0.3 is 10.2 Å². The standard InChI is InChI=1S/C25H23FN2O3S/c1-2-3-14-27-24(29)18-10-13-23-21(15-18)28(16-17-8-11-19(26)12-9-17)25(30)20-6-4-5-7-22(20)32(23)31/h4-13,15H,2-3,14,16H2,1H3,(H,27,29)/t32-/m1/s1. The highest BCUT2D eigenvalue weighted by atomic mass is 32.2. The number of carbonyl (C=O) groups excluding carboxylic acids is 2. The molecule has 1 heterocycles. The Kier molecular flexibility index (Phi) is 6.46. The van der Waals surface area contributed by atoms with Crippen LogP contribution in [0.25, 0.3) is 0 Å². The predicted octanol–water partition coefficient (Wildman–Crippen LogP) is 4.68. The lowest BCUT2D eigenvalue weighted by Crippen LogP contribution is -2.31. The number of hydrogen-bond acceptors (Lipinski definition) is 3. The van der Waals surface area contributed by atoms with Crippen molar-refractivity contribution in [2.45, 2.75) is 36.1 Å². The summed E-state index contributed by atoms with van der Waals surface area (Å²) in [5.41, 5.74) is 1.86. The third-order valence-electron chi connectivity index (χ3n) is 5.34. The van der Waals surface area contributed by atoms with E-state index in [0.29, 0.717) is 38.7 Å². The van der Waals surface area contributed by atoms with Crippen LogP contribution in [0.1, 0.15) is 46.0 Å². The smallest absolute Gasteiger partial charge is 0.259 e. The molecule has 0 spiro atoms. The molecule has 2 amide bonds. The number of amides is 2. The Morgan fingerprint density at radius 2 is 1.78 bits per heavy atom. The van der Waals surface area contributed by atoms with Crippen LogP contribution >= 0.6 is 0 Å². The minimum atomic E-state index is -1.59. The zero-order valence-electron chi connectivity index (χ0n) is 17.6. The second-order valence-electron chi connectivity index (χ2n) is 7.57. The van der Waals surface area contributed by atoms with Crippen molar-refractivity contribution in [3.05, 3.63) is 89.2 Å². The molecular formula is C25H23FN2O3S. The molecule has 0 aromatic heterocycles. The average Bonchev–Trinajstić information content (AvgIpc) is 2.90. The van der Waals surface area contributed by atoms with Crippen LogP contribution in [0.5, 0.6) is 0 Å². The van der Waals surface area contributed by atoms with Crippen molar-refractivity contribution in [1.82, 2.24) is 5.32 Å². The van der Waals surface area contributed by atoms with E-state index in [0.717, 1.165) is 12.8 Å². The fourth-order valence-electron chi connectivity index (χ4n) is 3.61. The van der Waals surface area contributed by atoms with Gasteiger partial charge >= 0.3 is 0 Å². The van der Waals surface area contributed by atoms with Crippen molar-refractivity contribution in [3.8, 4) is 0 Å². The summed E-state index contributed by atoms with van der Waals surface area (Å²) in [6.45, 7) is 2.75. The molecule has 5 nitrogen and oxygen atoms in total. The Hall–Kier alpha value is -3.32. The molecule has 1 aliphatic rings. The van der Waals surface area contributed by atoms with E-state index in [1.807, 2.05) is 6.92 Å². The summed E-state index contributed by atoms with van der Waals surface area (Å²) in [5.74, 6) is -0.933. The summed E-state index contributed by atoms with van der Waals surface area (Å²) in [4.78, 5) is 28.6. The Balaban J connectivity index is 1.80. The van der Waals surface area contributed by atoms with Gasteiger partial charge in [-0.2, -0.15) is 0 Å². The first-order chi connectivity index (χ1) is 15.5. The second kappa shape index (κ2) is 9.44. The third kappa shape index (κ3) is 4.34. The molecule has 0 fully saturated rings. The van der Waals surface area contributed by atoms with Gasteiger partial charge in [-0.3, -0.25) is 9.59 Å². The first-order valence-electron chi connectivity index (χ1n) is 10.5. The van der Waals surface area contributed by atoms with Gasteiger partial charge in [-0.25, -0.2) is 8.60 Å². The van der Waals surface area contributed by atoms with E-state index < -0.39 is 10.8 Å². The molecule has 164 valence electrons. The number of halogens is 1. The number of carbonyl (C=O) groups is 2. The summed E-state index contributed by atoms with van der Waals surface area (Å²) in [6, 6.07) is 17.6. The van der Waals surface area contributed by atoms with E-state index in [4.69, 9.17) is 0 Å². The zero-order chi connectivity index (χ0) is 22.7. The van der Waals surface area contributed by atoms with Crippen LogP contribution in [0.2, 0.25) is 0 Å². The Morgan fingerprint density at radius 1 is 1.03 bits per heavy atom. The first kappa shape index (κ1) is 21.9. The number of nitrogens with zero attached hydrogens (tertiary/aromatic N) is 1. The summed E-state index contributed by atoms with van der Waals surface area (Å²) >= 11 is 0. The van der Waals surface area contributed by atoms with Crippen LogP contribution in [0.15, 0.2) is 76.5 Å². The van der Waals surface area contributed by atoms with Gasteiger partial charge in [0, 0.05) is 12.1 Å². The molecule has 3 aromatic carbocycles. The summed E-state index contributed by atoms with van der Waals surface area (Å²) < 4.78 is 26.8. The second-order valence-corrected chi connectivity index (χ2v) is 8.99. The van der Waals surface area contributed by atoms with Crippen molar-refractivity contribution in [1.29, 1.82) is 0 Å². The summed E-state index contributed by atoms with van der Waals surface area (Å²) in [5, 5.41) is 2.87. The van der Waals surface area contributed by atoms with Crippen molar-refractivity contribution < 1.29 is 18.2 Å². The van der Waals surface area contributed by atoms with Crippen LogP contribution in [-0.4, -0.2) is 22.6 Å². The van der Waals surface area contributed by atoms with E-state index in [2.05, 4.69) is 5.32 Å². The lowest BCUT2D eigenvalue weighted by molar-refractivity contribution is 0.0949. The molecule has 0 radical (unpaired) electrons. The highest BCUT2D eigenvalue weighted by Crippen LogP contribution is 2.36. The molecule has 0 aliphatic carbocycles. The highest BCUT2D eigenvalue weighted by molar-refractivity contribution is 7.85. The van der Waals surface area contributed by atoms with Gasteiger partial charge in [0.15, 0.2) is 0 Å². The van der Waals surface area contributed by atoms with Gasteiger partial charge in [0.25, 0.3) is 11.8 Å². The van der Waals surface area contributed by atoms with E-state index in [1.54, 1.807) is 54.6 Å². The number of benzene rings is 3. The number of nitrogens with one attached hydrogen (secondary N) is 1. The maximum absolute atomic E-state index is 13.5. The minimum Gasteiger partial charge on any atom is -0.352 e. The number of anilines is 1. The predicted molar refractivity (Wildman–Crippen MR) is 122 cm³/mol. The van der Waals surface area contributed by atoms with Crippen molar-refractivity contribution in [2.24, 2.45) is 0 Å². The Morgan fingerprint density at radius 3 is 2.53 bits per heavy atom. The maximum atomic E-state index is 13.5. The van der Waals surface area contributed by atoms with Crippen molar-refractivity contribution in [3.63, 3.8) is 0 Å². The van der Waals surface area contributed by atoms with Gasteiger partial charge in [-0.1, -0.05) is 37.6 Å². The van der Waals surface area contributed by atoms with E-state index in [1.165, 1.54) is 17.0 Å². The molecular weight excluding hydrogens is 427 g/mol. The fourth-order valence-corrected chi connectivity index (χ4v) is 4.96. The molecule has 1 aliphatic heterocycles. The van der Waals surface area contributed by atoms with Gasteiger partial charge in [-0.05, 0) is 54.4 Å². The lowest BCUT2D eigenvalue weighted by Gasteiger charge is -2.23. The van der Waals surface area contributed by atoms with Gasteiger partial charge in [-0.15, -0.1) is 0 Å². The third-order valence-corrected chi connectivity index (χ3v) is 6.84. The first-order valence-corrected chi connectivity index (χ1v) is 11.6. The summed E-state index contributed by atoms with van der Waals surface area (Å²) in [7, 11) is -1.59. The van der Waals surface area contributed by atoms with E-state index >= 15 is 0 Å². The molecule has 1 N–H and O–H groups in total. The largest absolute Gasteiger partial charge is 0.352 e. The van der Waals surface area contributed by atoms with Gasteiger partial charge in [0.1, 0.15) is 5.82 Å². The van der Waals surface area contributed by atoms with Crippen LogP contribution in [0, 0.1) is 5.82 Å². The number of hydrogen-bond donors (Lipinski definition) is 1. The molecule has 0 saturated carbocycles. The van der Waals surface area contributed by atoms with Crippen LogP contribution in [-0.2, 0) is 17.3 Å². The summed E-state index contributed by atoms with van der Waals surface area (Å²) in [6.07, 6.45) is 1.83. The molecule has 4 rings (SSSR count). The topological polar surface area (TPSA) is 66.5 Å². The van der Waals surface area contributed by atoms with Crippen LogP contribution < -0.4 is 10.2 Å². The molecule has 0 bridgehead atoms. The Bertz CT molecular complexity index is 1190. The van der Waals surface area contributed by atoms with Crippen molar-refractivity contribution in [2.75, 3.05) is 11.4 Å². The van der Waals surface area contributed by atoms with Crippen LogP contribution in [0.3, 0.4) is 0 Å². The molecule has 3 aromatic rings. The average molecular weight is 451 g/mol. The molecule has 7 heteroatoms. The fraction of sp³-hybridized carbons (Fsp3) is 0.200. The quantitative estimate of drug-likeness (QED) is 0.555. The van der Waals surface area contributed by atoms with Gasteiger partial charge in [0.2, 0.25) is 0 Å². The highest BCUT2D eigenvalue weighted by Gasteiger charge is 2.31. The molecule has 1 atom stereocenters. The Labute approximate surface area is 188 Å². The number of fused-ring (bicyclic) bond motifs is 2.